The highest BCUT2D eigenvalue weighted by Gasteiger charge is 2.14. The van der Waals surface area contributed by atoms with E-state index in [4.69, 9.17) is 9.47 Å². The largest absolute Gasteiger partial charge is 0.493 e. The molecule has 6 nitrogen and oxygen atoms in total. The molecule has 0 spiro atoms. The molecule has 3 aromatic carbocycles. The van der Waals surface area contributed by atoms with E-state index in [1.807, 2.05) is 31.2 Å². The SMILES string of the molecule is COc1cc(C=C(NC(=O)c2ccccc2)C(=O)O)ccc1OCc1ccccc1C. The van der Waals surface area contributed by atoms with Gasteiger partial charge in [-0.1, -0.05) is 48.5 Å². The van der Waals surface area contributed by atoms with Gasteiger partial charge >= 0.3 is 5.97 Å². The predicted molar refractivity (Wildman–Crippen MR) is 118 cm³/mol. The zero-order valence-electron chi connectivity index (χ0n) is 17.3. The van der Waals surface area contributed by atoms with Crippen LogP contribution in [0.1, 0.15) is 27.0 Å². The first-order chi connectivity index (χ1) is 15.0. The number of methoxy groups -OCH3 is 1. The summed E-state index contributed by atoms with van der Waals surface area (Å²) < 4.78 is 11.3. The van der Waals surface area contributed by atoms with Crippen LogP contribution in [0.25, 0.3) is 6.08 Å². The fourth-order valence-electron chi connectivity index (χ4n) is 2.92. The highest BCUT2D eigenvalue weighted by Crippen LogP contribution is 2.30. The second-order valence-electron chi connectivity index (χ2n) is 6.81. The monoisotopic (exact) mass is 417 g/mol. The van der Waals surface area contributed by atoms with Crippen LogP contribution in [0.15, 0.2) is 78.5 Å². The summed E-state index contributed by atoms with van der Waals surface area (Å²) in [5, 5.41) is 11.9. The van der Waals surface area contributed by atoms with E-state index in [9.17, 15) is 14.7 Å². The number of aryl methyl sites for hydroxylation is 1. The number of carboxylic acids is 1. The van der Waals surface area contributed by atoms with Gasteiger partial charge in [-0.2, -0.15) is 0 Å². The van der Waals surface area contributed by atoms with Gasteiger partial charge in [-0.05, 0) is 54.0 Å². The van der Waals surface area contributed by atoms with Gasteiger partial charge in [0.25, 0.3) is 5.91 Å². The Bertz CT molecular complexity index is 1110. The van der Waals surface area contributed by atoms with Crippen molar-refractivity contribution in [2.45, 2.75) is 13.5 Å². The average Bonchev–Trinajstić information content (AvgIpc) is 2.79. The van der Waals surface area contributed by atoms with Gasteiger partial charge in [-0.25, -0.2) is 4.79 Å². The molecule has 0 heterocycles. The molecule has 158 valence electrons. The number of carboxylic acid groups (broad SMARTS) is 1. The minimum Gasteiger partial charge on any atom is -0.493 e. The molecule has 31 heavy (non-hydrogen) atoms. The molecular weight excluding hydrogens is 394 g/mol. The zero-order chi connectivity index (χ0) is 22.2. The van der Waals surface area contributed by atoms with Crippen LogP contribution in [0.4, 0.5) is 0 Å². The molecule has 0 aliphatic rings. The minimum absolute atomic E-state index is 0.246. The van der Waals surface area contributed by atoms with Gasteiger partial charge < -0.3 is 19.9 Å². The maximum Gasteiger partial charge on any atom is 0.352 e. The molecule has 0 bridgehead atoms. The van der Waals surface area contributed by atoms with Crippen LogP contribution in [0.3, 0.4) is 0 Å². The van der Waals surface area contributed by atoms with E-state index in [0.29, 0.717) is 29.2 Å². The summed E-state index contributed by atoms with van der Waals surface area (Å²) in [6, 6.07) is 21.4. The van der Waals surface area contributed by atoms with E-state index >= 15 is 0 Å². The summed E-state index contributed by atoms with van der Waals surface area (Å²) in [7, 11) is 1.51. The standard InChI is InChI=1S/C25H23NO5/c1-17-8-6-7-11-20(17)16-31-22-13-12-18(15-23(22)30-2)14-21(25(28)29)26-24(27)19-9-4-3-5-10-19/h3-15H,16H2,1-2H3,(H,26,27)(H,28,29). The molecule has 2 N–H and O–H groups in total. The van der Waals surface area contributed by atoms with E-state index in [2.05, 4.69) is 5.32 Å². The molecule has 3 aromatic rings. The predicted octanol–water partition coefficient (Wildman–Crippen LogP) is 4.44. The molecule has 0 saturated heterocycles. The van der Waals surface area contributed by atoms with Crippen molar-refractivity contribution in [3.8, 4) is 11.5 Å². The van der Waals surface area contributed by atoms with Crippen LogP contribution in [0, 0.1) is 6.92 Å². The highest BCUT2D eigenvalue weighted by molar-refractivity contribution is 6.02. The first-order valence-corrected chi connectivity index (χ1v) is 9.64. The number of benzene rings is 3. The van der Waals surface area contributed by atoms with Crippen LogP contribution in [0.5, 0.6) is 11.5 Å². The van der Waals surface area contributed by atoms with E-state index in [1.165, 1.54) is 13.2 Å². The molecule has 0 aliphatic carbocycles. The molecule has 0 radical (unpaired) electrons. The van der Waals surface area contributed by atoms with Crippen molar-refractivity contribution in [2.24, 2.45) is 0 Å². The van der Waals surface area contributed by atoms with Gasteiger partial charge in [0.15, 0.2) is 11.5 Å². The maximum atomic E-state index is 12.3. The first-order valence-electron chi connectivity index (χ1n) is 9.64. The third-order valence-corrected chi connectivity index (χ3v) is 4.66. The molecule has 6 heteroatoms. The van der Waals surface area contributed by atoms with Crippen molar-refractivity contribution in [1.29, 1.82) is 0 Å². The smallest absolute Gasteiger partial charge is 0.352 e. The summed E-state index contributed by atoms with van der Waals surface area (Å²) in [6.45, 7) is 2.40. The van der Waals surface area contributed by atoms with Crippen molar-refractivity contribution < 1.29 is 24.2 Å². The van der Waals surface area contributed by atoms with E-state index < -0.39 is 11.9 Å². The second kappa shape index (κ2) is 10.1. The molecule has 0 saturated carbocycles. The Balaban J connectivity index is 1.79. The lowest BCUT2D eigenvalue weighted by molar-refractivity contribution is -0.132. The number of ether oxygens (including phenoxy) is 2. The molecule has 0 aliphatic heterocycles. The van der Waals surface area contributed by atoms with Gasteiger partial charge in [0, 0.05) is 5.56 Å². The van der Waals surface area contributed by atoms with Crippen LogP contribution in [-0.2, 0) is 11.4 Å². The quantitative estimate of drug-likeness (QED) is 0.530. The van der Waals surface area contributed by atoms with Gasteiger partial charge in [0.2, 0.25) is 0 Å². The van der Waals surface area contributed by atoms with Gasteiger partial charge in [0.05, 0.1) is 7.11 Å². The lowest BCUT2D eigenvalue weighted by Crippen LogP contribution is -2.27. The Morgan fingerprint density at radius 2 is 1.68 bits per heavy atom. The Labute approximate surface area is 180 Å². The zero-order valence-corrected chi connectivity index (χ0v) is 17.3. The Kier molecular flexibility index (Phi) is 7.06. The molecule has 0 unspecified atom stereocenters. The number of hydrogen-bond acceptors (Lipinski definition) is 4. The summed E-state index contributed by atoms with van der Waals surface area (Å²) in [4.78, 5) is 24.0. The molecule has 0 atom stereocenters. The number of amides is 1. The molecular formula is C25H23NO5. The summed E-state index contributed by atoms with van der Waals surface area (Å²) in [5.41, 5.74) is 2.86. The van der Waals surface area contributed by atoms with Crippen molar-refractivity contribution in [3.63, 3.8) is 0 Å². The number of nitrogens with one attached hydrogen (secondary N) is 1. The fraction of sp³-hybridized carbons (Fsp3) is 0.120. The number of aliphatic carboxylic acids is 1. The Morgan fingerprint density at radius 1 is 0.968 bits per heavy atom. The molecule has 1 amide bonds. The van der Waals surface area contributed by atoms with E-state index in [-0.39, 0.29) is 5.70 Å². The minimum atomic E-state index is -1.25. The lowest BCUT2D eigenvalue weighted by atomic mass is 10.1. The van der Waals surface area contributed by atoms with Gasteiger partial charge in [-0.15, -0.1) is 0 Å². The lowest BCUT2D eigenvalue weighted by Gasteiger charge is -2.13. The first kappa shape index (κ1) is 21.6. The number of rotatable bonds is 8. The summed E-state index contributed by atoms with van der Waals surface area (Å²) in [5.74, 6) is -0.753. The van der Waals surface area contributed by atoms with Crippen molar-refractivity contribution in [3.05, 3.63) is 101 Å². The fourth-order valence-corrected chi connectivity index (χ4v) is 2.92. The Hall–Kier alpha value is -4.06. The molecule has 0 fully saturated rings. The van der Waals surface area contributed by atoms with Crippen molar-refractivity contribution in [2.75, 3.05) is 7.11 Å². The third-order valence-electron chi connectivity index (χ3n) is 4.66. The van der Waals surface area contributed by atoms with E-state index in [0.717, 1.165) is 11.1 Å². The summed E-state index contributed by atoms with van der Waals surface area (Å²) >= 11 is 0. The van der Waals surface area contributed by atoms with Crippen molar-refractivity contribution in [1.82, 2.24) is 5.32 Å². The van der Waals surface area contributed by atoms with Crippen LogP contribution < -0.4 is 14.8 Å². The topological polar surface area (TPSA) is 84.9 Å². The van der Waals surface area contributed by atoms with Gasteiger partial charge in [-0.3, -0.25) is 4.79 Å². The molecule has 3 rings (SSSR count). The maximum absolute atomic E-state index is 12.3. The van der Waals surface area contributed by atoms with Crippen molar-refractivity contribution >= 4 is 18.0 Å². The second-order valence-corrected chi connectivity index (χ2v) is 6.81. The van der Waals surface area contributed by atoms with E-state index in [1.54, 1.807) is 48.5 Å². The number of carbonyl (C=O) groups excluding carboxylic acids is 1. The highest BCUT2D eigenvalue weighted by atomic mass is 16.5. The van der Waals surface area contributed by atoms with Crippen LogP contribution in [0.2, 0.25) is 0 Å². The summed E-state index contributed by atoms with van der Waals surface area (Å²) in [6.07, 6.45) is 1.37. The van der Waals surface area contributed by atoms with Crippen LogP contribution >= 0.6 is 0 Å². The average molecular weight is 417 g/mol. The molecule has 0 aromatic heterocycles. The Morgan fingerprint density at radius 3 is 2.35 bits per heavy atom. The van der Waals surface area contributed by atoms with Crippen LogP contribution in [-0.4, -0.2) is 24.1 Å². The third kappa shape index (κ3) is 5.73. The van der Waals surface area contributed by atoms with Gasteiger partial charge in [0.1, 0.15) is 12.3 Å². The normalized spacial score (nSPS) is 11.0. The number of hydrogen-bond donors (Lipinski definition) is 2. The number of carbonyl (C=O) groups is 2.